The first-order chi connectivity index (χ1) is 6.86. The predicted octanol–water partition coefficient (Wildman–Crippen LogP) is 0.452. The van der Waals surface area contributed by atoms with Crippen molar-refractivity contribution >= 4 is 11.7 Å². The predicted molar refractivity (Wildman–Crippen MR) is 48.6 cm³/mol. The third-order valence-corrected chi connectivity index (χ3v) is 1.54. The zero-order valence-corrected chi connectivity index (χ0v) is 7.14. The number of rotatable bonds is 2. The Kier molecular flexibility index (Phi) is 2.18. The van der Waals surface area contributed by atoms with Crippen LogP contribution in [-0.4, -0.2) is 26.1 Å². The van der Waals surface area contributed by atoms with Crippen molar-refractivity contribution in [2.45, 2.75) is 0 Å². The molecule has 1 amide bonds. The summed E-state index contributed by atoms with van der Waals surface area (Å²) in [7, 11) is 0. The van der Waals surface area contributed by atoms with Gasteiger partial charge in [-0.05, 0) is 0 Å². The van der Waals surface area contributed by atoms with E-state index in [4.69, 9.17) is 0 Å². The topological polar surface area (TPSA) is 83.6 Å². The van der Waals surface area contributed by atoms with Gasteiger partial charge in [-0.3, -0.25) is 14.9 Å². The van der Waals surface area contributed by atoms with Gasteiger partial charge in [0.25, 0.3) is 5.91 Å². The molecule has 0 aliphatic rings. The highest BCUT2D eigenvalue weighted by Gasteiger charge is 2.06. The number of aromatic nitrogens is 4. The molecular weight excluding hydrogens is 182 g/mol. The van der Waals surface area contributed by atoms with Gasteiger partial charge in [-0.15, -0.1) is 0 Å². The molecule has 2 N–H and O–H groups in total. The fraction of sp³-hybridized carbons (Fsp3) is 0. The molecule has 0 aromatic carbocycles. The first kappa shape index (κ1) is 8.36. The van der Waals surface area contributed by atoms with Crippen molar-refractivity contribution in [2.24, 2.45) is 0 Å². The van der Waals surface area contributed by atoms with E-state index < -0.39 is 0 Å². The summed E-state index contributed by atoms with van der Waals surface area (Å²) < 4.78 is 0. The molecule has 2 aromatic heterocycles. The molecular formula is C8H7N5O. The number of nitrogens with one attached hydrogen (secondary N) is 2. The van der Waals surface area contributed by atoms with Gasteiger partial charge in [0.2, 0.25) is 0 Å². The zero-order chi connectivity index (χ0) is 9.80. The van der Waals surface area contributed by atoms with E-state index in [1.165, 1.54) is 18.6 Å². The lowest BCUT2D eigenvalue weighted by atomic mass is 10.4. The van der Waals surface area contributed by atoms with Crippen molar-refractivity contribution in [1.82, 2.24) is 20.2 Å². The average Bonchev–Trinajstić information content (AvgIpc) is 2.72. The summed E-state index contributed by atoms with van der Waals surface area (Å²) in [6, 6.07) is 1.65. The molecule has 2 heterocycles. The fourth-order valence-corrected chi connectivity index (χ4v) is 0.928. The van der Waals surface area contributed by atoms with Crippen molar-refractivity contribution in [2.75, 3.05) is 5.32 Å². The number of hydrogen-bond acceptors (Lipinski definition) is 4. The Bertz CT molecular complexity index is 411. The summed E-state index contributed by atoms with van der Waals surface area (Å²) in [5, 5.41) is 8.88. The van der Waals surface area contributed by atoms with Gasteiger partial charge in [0.05, 0.1) is 12.4 Å². The Morgan fingerprint density at radius 1 is 1.36 bits per heavy atom. The lowest BCUT2D eigenvalue weighted by Crippen LogP contribution is -2.13. The summed E-state index contributed by atoms with van der Waals surface area (Å²) in [5.74, 6) is 0.211. The van der Waals surface area contributed by atoms with Crippen molar-refractivity contribution in [1.29, 1.82) is 0 Å². The summed E-state index contributed by atoms with van der Waals surface area (Å²) in [4.78, 5) is 19.1. The van der Waals surface area contributed by atoms with Crippen molar-refractivity contribution in [3.05, 3.63) is 36.5 Å². The maximum Gasteiger partial charge on any atom is 0.276 e. The summed E-state index contributed by atoms with van der Waals surface area (Å²) >= 11 is 0. The number of nitrogens with zero attached hydrogens (tertiary/aromatic N) is 3. The van der Waals surface area contributed by atoms with Crippen LogP contribution in [0.15, 0.2) is 30.9 Å². The average molecular weight is 189 g/mol. The van der Waals surface area contributed by atoms with Crippen LogP contribution in [0.5, 0.6) is 0 Å². The number of hydrogen-bond donors (Lipinski definition) is 2. The normalized spacial score (nSPS) is 9.71. The SMILES string of the molecule is O=C(Nc1ccn[nH]1)c1cnccn1. The van der Waals surface area contributed by atoms with E-state index in [-0.39, 0.29) is 11.6 Å². The minimum atomic E-state index is -0.317. The molecule has 0 aliphatic heterocycles. The smallest absolute Gasteiger partial charge is 0.276 e. The molecule has 14 heavy (non-hydrogen) atoms. The maximum atomic E-state index is 11.5. The Morgan fingerprint density at radius 3 is 2.93 bits per heavy atom. The Labute approximate surface area is 79.4 Å². The lowest BCUT2D eigenvalue weighted by Gasteiger charge is -1.99. The molecule has 0 saturated carbocycles. The molecule has 0 atom stereocenters. The van der Waals surface area contributed by atoms with Crippen molar-refractivity contribution < 1.29 is 4.79 Å². The van der Waals surface area contributed by atoms with Gasteiger partial charge in [0.15, 0.2) is 0 Å². The third kappa shape index (κ3) is 1.74. The fourth-order valence-electron chi connectivity index (χ4n) is 0.928. The molecule has 2 rings (SSSR count). The third-order valence-electron chi connectivity index (χ3n) is 1.54. The quantitative estimate of drug-likeness (QED) is 0.718. The van der Waals surface area contributed by atoms with E-state index in [2.05, 4.69) is 25.5 Å². The van der Waals surface area contributed by atoms with Gasteiger partial charge in [-0.1, -0.05) is 0 Å². The molecule has 6 heteroatoms. The number of anilines is 1. The van der Waals surface area contributed by atoms with Gasteiger partial charge in [-0.25, -0.2) is 4.98 Å². The Balaban J connectivity index is 2.11. The van der Waals surface area contributed by atoms with Crippen LogP contribution in [0.25, 0.3) is 0 Å². The summed E-state index contributed by atoms with van der Waals surface area (Å²) in [6.07, 6.45) is 5.91. The molecule has 0 saturated heterocycles. The van der Waals surface area contributed by atoms with E-state index in [0.717, 1.165) is 0 Å². The molecule has 0 bridgehead atoms. The van der Waals surface area contributed by atoms with Crippen molar-refractivity contribution in [3.63, 3.8) is 0 Å². The molecule has 0 aliphatic carbocycles. The first-order valence-corrected chi connectivity index (χ1v) is 3.93. The minimum Gasteiger partial charge on any atom is -0.306 e. The van der Waals surface area contributed by atoms with Gasteiger partial charge in [-0.2, -0.15) is 5.10 Å². The molecule has 0 fully saturated rings. The summed E-state index contributed by atoms with van der Waals surface area (Å²) in [5.41, 5.74) is 0.266. The first-order valence-electron chi connectivity index (χ1n) is 3.93. The number of carbonyl (C=O) groups is 1. The second-order valence-electron chi connectivity index (χ2n) is 2.52. The molecule has 0 unspecified atom stereocenters. The van der Waals surface area contributed by atoms with E-state index in [0.29, 0.717) is 5.82 Å². The number of amides is 1. The molecule has 2 aromatic rings. The van der Waals surface area contributed by atoms with E-state index in [1.54, 1.807) is 12.3 Å². The minimum absolute atomic E-state index is 0.266. The van der Waals surface area contributed by atoms with Crippen LogP contribution in [0.2, 0.25) is 0 Å². The van der Waals surface area contributed by atoms with Crippen LogP contribution in [-0.2, 0) is 0 Å². The van der Waals surface area contributed by atoms with Gasteiger partial charge >= 0.3 is 0 Å². The molecule has 0 spiro atoms. The number of aromatic amines is 1. The van der Waals surface area contributed by atoms with E-state index >= 15 is 0 Å². The van der Waals surface area contributed by atoms with Crippen LogP contribution < -0.4 is 5.32 Å². The van der Waals surface area contributed by atoms with Crippen LogP contribution in [0, 0.1) is 0 Å². The van der Waals surface area contributed by atoms with Crippen LogP contribution in [0.3, 0.4) is 0 Å². The highest BCUT2D eigenvalue weighted by Crippen LogP contribution is 2.01. The van der Waals surface area contributed by atoms with E-state index in [9.17, 15) is 4.79 Å². The largest absolute Gasteiger partial charge is 0.306 e. The monoisotopic (exact) mass is 189 g/mol. The number of carbonyl (C=O) groups excluding carboxylic acids is 1. The van der Waals surface area contributed by atoms with Crippen LogP contribution >= 0.6 is 0 Å². The molecule has 6 nitrogen and oxygen atoms in total. The molecule has 70 valence electrons. The Hall–Kier alpha value is -2.24. The second-order valence-corrected chi connectivity index (χ2v) is 2.52. The van der Waals surface area contributed by atoms with Crippen LogP contribution in [0.4, 0.5) is 5.82 Å². The summed E-state index contributed by atoms with van der Waals surface area (Å²) in [6.45, 7) is 0. The molecule has 0 radical (unpaired) electrons. The van der Waals surface area contributed by atoms with E-state index in [1.807, 2.05) is 0 Å². The second kappa shape index (κ2) is 3.65. The van der Waals surface area contributed by atoms with Gasteiger partial charge in [0, 0.05) is 18.5 Å². The highest BCUT2D eigenvalue weighted by molar-refractivity contribution is 6.01. The highest BCUT2D eigenvalue weighted by atomic mass is 16.1. The lowest BCUT2D eigenvalue weighted by molar-refractivity contribution is 0.102. The zero-order valence-electron chi connectivity index (χ0n) is 7.14. The van der Waals surface area contributed by atoms with Gasteiger partial charge in [0.1, 0.15) is 11.5 Å². The van der Waals surface area contributed by atoms with Gasteiger partial charge < -0.3 is 5.32 Å². The van der Waals surface area contributed by atoms with Crippen LogP contribution in [0.1, 0.15) is 10.5 Å². The standard InChI is InChI=1S/C8H7N5O/c14-8(6-5-9-3-4-10-6)12-7-1-2-11-13-7/h1-5H,(H2,11,12,13,14). The Morgan fingerprint density at radius 2 is 2.29 bits per heavy atom. The van der Waals surface area contributed by atoms with Crippen molar-refractivity contribution in [3.8, 4) is 0 Å². The number of H-pyrrole nitrogens is 1. The maximum absolute atomic E-state index is 11.5.